The molecule has 1 unspecified atom stereocenters. The Hall–Kier alpha value is -0.650. The molecule has 2 fully saturated rings. The summed E-state index contributed by atoms with van der Waals surface area (Å²) in [7, 11) is 0. The molecule has 0 saturated carbocycles. The number of ether oxygens (including phenoxy) is 1. The lowest BCUT2D eigenvalue weighted by atomic mass is 10.1. The van der Waals surface area contributed by atoms with Gasteiger partial charge >= 0.3 is 0 Å². The van der Waals surface area contributed by atoms with E-state index >= 15 is 0 Å². The summed E-state index contributed by atoms with van der Waals surface area (Å²) in [6, 6.07) is 0. The molecule has 0 bridgehead atoms. The predicted molar refractivity (Wildman–Crippen MR) is 75.1 cm³/mol. The molecule has 1 atom stereocenters. The summed E-state index contributed by atoms with van der Waals surface area (Å²) in [4.78, 5) is 16.5. The van der Waals surface area contributed by atoms with Gasteiger partial charge in [0.25, 0.3) is 0 Å². The maximum Gasteiger partial charge on any atom is 0.223 e. The SMILES string of the molecule is CC1CN(CCC(=O)N2CCNCC2)CC(C)(C)O1. The first-order valence-corrected chi connectivity index (χ1v) is 7.35. The standard InChI is InChI=1S/C14H27N3O2/c1-12-10-16(11-14(2,3)19-12)7-4-13(18)17-8-5-15-6-9-17/h12,15H,4-11H2,1-3H3. The van der Waals surface area contributed by atoms with Crippen LogP contribution in [0.3, 0.4) is 0 Å². The van der Waals surface area contributed by atoms with Crippen LogP contribution in [0.15, 0.2) is 0 Å². The lowest BCUT2D eigenvalue weighted by Crippen LogP contribution is -2.53. The Balaban J connectivity index is 1.76. The molecule has 2 rings (SSSR count). The molecule has 2 saturated heterocycles. The molecular weight excluding hydrogens is 242 g/mol. The lowest BCUT2D eigenvalue weighted by molar-refractivity contribution is -0.138. The maximum absolute atomic E-state index is 12.1. The minimum atomic E-state index is -0.101. The van der Waals surface area contributed by atoms with Gasteiger partial charge in [-0.25, -0.2) is 0 Å². The maximum atomic E-state index is 12.1. The number of rotatable bonds is 3. The number of amides is 1. The van der Waals surface area contributed by atoms with Gasteiger partial charge in [-0.2, -0.15) is 0 Å². The van der Waals surface area contributed by atoms with Crippen molar-refractivity contribution in [2.75, 3.05) is 45.8 Å². The normalized spacial score (nSPS) is 28.4. The first-order chi connectivity index (χ1) is 8.96. The molecule has 2 heterocycles. The second-order valence-corrected chi connectivity index (χ2v) is 6.30. The topological polar surface area (TPSA) is 44.8 Å². The Bertz CT molecular complexity index is 314. The first-order valence-electron chi connectivity index (χ1n) is 7.35. The number of piperazine rings is 1. The van der Waals surface area contributed by atoms with Gasteiger partial charge in [0, 0.05) is 52.2 Å². The summed E-state index contributed by atoms with van der Waals surface area (Å²) < 4.78 is 5.88. The average Bonchev–Trinajstić information content (AvgIpc) is 2.34. The molecule has 0 aliphatic carbocycles. The Morgan fingerprint density at radius 1 is 1.37 bits per heavy atom. The summed E-state index contributed by atoms with van der Waals surface area (Å²) in [6.45, 7) is 12.6. The summed E-state index contributed by atoms with van der Waals surface area (Å²) in [5.74, 6) is 0.290. The second-order valence-electron chi connectivity index (χ2n) is 6.30. The molecule has 5 heteroatoms. The van der Waals surface area contributed by atoms with Crippen LogP contribution in [0, 0.1) is 0 Å². The number of nitrogens with one attached hydrogen (secondary N) is 1. The van der Waals surface area contributed by atoms with Crippen LogP contribution < -0.4 is 5.32 Å². The smallest absolute Gasteiger partial charge is 0.223 e. The number of hydrogen-bond donors (Lipinski definition) is 1. The zero-order valence-corrected chi connectivity index (χ0v) is 12.4. The van der Waals surface area contributed by atoms with Crippen LogP contribution in [0.25, 0.3) is 0 Å². The highest BCUT2D eigenvalue weighted by molar-refractivity contribution is 5.76. The van der Waals surface area contributed by atoms with Gasteiger partial charge in [0.15, 0.2) is 0 Å². The Morgan fingerprint density at radius 3 is 2.68 bits per heavy atom. The van der Waals surface area contributed by atoms with E-state index in [-0.39, 0.29) is 11.7 Å². The number of hydrogen-bond acceptors (Lipinski definition) is 4. The molecular formula is C14H27N3O2. The molecule has 0 spiro atoms. The van der Waals surface area contributed by atoms with Gasteiger partial charge in [-0.1, -0.05) is 0 Å². The molecule has 19 heavy (non-hydrogen) atoms. The zero-order chi connectivity index (χ0) is 13.9. The van der Waals surface area contributed by atoms with E-state index in [4.69, 9.17) is 4.74 Å². The highest BCUT2D eigenvalue weighted by atomic mass is 16.5. The first kappa shape index (κ1) is 14.8. The third kappa shape index (κ3) is 4.44. The van der Waals surface area contributed by atoms with Crippen LogP contribution >= 0.6 is 0 Å². The second kappa shape index (κ2) is 6.20. The van der Waals surface area contributed by atoms with Crippen LogP contribution in [0.4, 0.5) is 0 Å². The quantitative estimate of drug-likeness (QED) is 0.801. The fraction of sp³-hybridized carbons (Fsp3) is 0.929. The van der Waals surface area contributed by atoms with Gasteiger partial charge in [-0.3, -0.25) is 9.69 Å². The number of carbonyl (C=O) groups excluding carboxylic acids is 1. The van der Waals surface area contributed by atoms with E-state index in [0.29, 0.717) is 12.3 Å². The largest absolute Gasteiger partial charge is 0.370 e. The van der Waals surface area contributed by atoms with E-state index in [1.165, 1.54) is 0 Å². The predicted octanol–water partition coefficient (Wildman–Crippen LogP) is 0.308. The lowest BCUT2D eigenvalue weighted by Gasteiger charge is -2.42. The van der Waals surface area contributed by atoms with Crippen molar-refractivity contribution in [2.24, 2.45) is 0 Å². The molecule has 0 aromatic heterocycles. The molecule has 5 nitrogen and oxygen atoms in total. The summed E-state index contributed by atoms with van der Waals surface area (Å²) in [5.41, 5.74) is -0.101. The van der Waals surface area contributed by atoms with E-state index in [1.807, 2.05) is 4.90 Å². The van der Waals surface area contributed by atoms with Crippen molar-refractivity contribution in [2.45, 2.75) is 38.9 Å². The fourth-order valence-corrected chi connectivity index (χ4v) is 3.08. The number of morpholine rings is 1. The Labute approximate surface area is 116 Å². The van der Waals surface area contributed by atoms with Crippen molar-refractivity contribution in [3.63, 3.8) is 0 Å². The van der Waals surface area contributed by atoms with E-state index in [9.17, 15) is 4.79 Å². The van der Waals surface area contributed by atoms with Crippen LogP contribution in [0.5, 0.6) is 0 Å². The van der Waals surface area contributed by atoms with Crippen molar-refractivity contribution in [3.05, 3.63) is 0 Å². The van der Waals surface area contributed by atoms with Crippen molar-refractivity contribution in [1.82, 2.24) is 15.1 Å². The third-order valence-electron chi connectivity index (χ3n) is 3.75. The molecule has 0 radical (unpaired) electrons. The molecule has 0 aromatic carbocycles. The highest BCUT2D eigenvalue weighted by Gasteiger charge is 2.31. The third-order valence-corrected chi connectivity index (χ3v) is 3.75. The summed E-state index contributed by atoms with van der Waals surface area (Å²) in [5, 5.41) is 3.27. The summed E-state index contributed by atoms with van der Waals surface area (Å²) in [6.07, 6.45) is 0.876. The van der Waals surface area contributed by atoms with Gasteiger partial charge in [0.1, 0.15) is 0 Å². The molecule has 2 aliphatic rings. The molecule has 110 valence electrons. The van der Waals surface area contributed by atoms with E-state index < -0.39 is 0 Å². The van der Waals surface area contributed by atoms with Gasteiger partial charge < -0.3 is 15.0 Å². The van der Waals surface area contributed by atoms with Crippen molar-refractivity contribution >= 4 is 5.91 Å². The van der Waals surface area contributed by atoms with Gasteiger partial charge in [-0.15, -0.1) is 0 Å². The van der Waals surface area contributed by atoms with Crippen LogP contribution in [-0.4, -0.2) is 73.2 Å². The molecule has 0 aromatic rings. The van der Waals surface area contributed by atoms with Crippen molar-refractivity contribution in [3.8, 4) is 0 Å². The molecule has 1 amide bonds. The molecule has 2 aliphatic heterocycles. The summed E-state index contributed by atoms with van der Waals surface area (Å²) >= 11 is 0. The Kier molecular flexibility index (Phi) is 4.81. The van der Waals surface area contributed by atoms with Crippen LogP contribution in [0.2, 0.25) is 0 Å². The minimum Gasteiger partial charge on any atom is -0.370 e. The van der Waals surface area contributed by atoms with Gasteiger partial charge in [0.2, 0.25) is 5.91 Å². The fourth-order valence-electron chi connectivity index (χ4n) is 3.08. The molecule has 1 N–H and O–H groups in total. The average molecular weight is 269 g/mol. The minimum absolute atomic E-state index is 0.101. The van der Waals surface area contributed by atoms with Crippen molar-refractivity contribution < 1.29 is 9.53 Å². The monoisotopic (exact) mass is 269 g/mol. The van der Waals surface area contributed by atoms with E-state index in [1.54, 1.807) is 0 Å². The van der Waals surface area contributed by atoms with Crippen molar-refractivity contribution in [1.29, 1.82) is 0 Å². The zero-order valence-electron chi connectivity index (χ0n) is 12.4. The Morgan fingerprint density at radius 2 is 2.05 bits per heavy atom. The highest BCUT2D eigenvalue weighted by Crippen LogP contribution is 2.20. The van der Waals surface area contributed by atoms with E-state index in [2.05, 4.69) is 31.0 Å². The van der Waals surface area contributed by atoms with E-state index in [0.717, 1.165) is 45.8 Å². The van der Waals surface area contributed by atoms with Crippen LogP contribution in [-0.2, 0) is 9.53 Å². The van der Waals surface area contributed by atoms with Crippen LogP contribution in [0.1, 0.15) is 27.2 Å². The van der Waals surface area contributed by atoms with Gasteiger partial charge in [0.05, 0.1) is 11.7 Å². The number of nitrogens with zero attached hydrogens (tertiary/aromatic N) is 2. The number of carbonyl (C=O) groups is 1. The van der Waals surface area contributed by atoms with Gasteiger partial charge in [-0.05, 0) is 20.8 Å².